The van der Waals surface area contributed by atoms with Gasteiger partial charge < -0.3 is 5.32 Å². The molecule has 0 unspecified atom stereocenters. The second-order valence-corrected chi connectivity index (χ2v) is 9.33. The van der Waals surface area contributed by atoms with Gasteiger partial charge in [-0.3, -0.25) is 9.52 Å². The van der Waals surface area contributed by atoms with Gasteiger partial charge in [0.05, 0.1) is 15.7 Å². The molecular formula is C17H12Cl3N3O3S2. The second kappa shape index (κ2) is 8.26. The molecule has 2 aromatic carbocycles. The van der Waals surface area contributed by atoms with Gasteiger partial charge in [0.2, 0.25) is 5.91 Å². The quantitative estimate of drug-likeness (QED) is 0.507. The van der Waals surface area contributed by atoms with Crippen LogP contribution in [0.3, 0.4) is 0 Å². The fourth-order valence-corrected chi connectivity index (χ4v) is 5.85. The standard InChI is InChI=1S/C17H12Cl3N3O3S2/c1-9(24)21-12-4-2-10(3-5-12)15-8-27-17(22-15)23-28(25,26)16-13(19)6-11(18)7-14(16)20/h2-8H,1H3,(H,21,24)(H,22,23). The molecule has 0 aliphatic heterocycles. The Bertz CT molecular complexity index is 1120. The smallest absolute Gasteiger partial charge is 0.266 e. The van der Waals surface area contributed by atoms with Crippen molar-refractivity contribution in [1.82, 2.24) is 4.98 Å². The van der Waals surface area contributed by atoms with E-state index in [1.165, 1.54) is 19.1 Å². The summed E-state index contributed by atoms with van der Waals surface area (Å²) >= 11 is 18.9. The van der Waals surface area contributed by atoms with Crippen LogP contribution in [0, 0.1) is 0 Å². The zero-order chi connectivity index (χ0) is 20.5. The fourth-order valence-electron chi connectivity index (χ4n) is 2.33. The van der Waals surface area contributed by atoms with E-state index < -0.39 is 10.0 Å². The van der Waals surface area contributed by atoms with Crippen molar-refractivity contribution in [3.63, 3.8) is 0 Å². The van der Waals surface area contributed by atoms with E-state index in [0.29, 0.717) is 11.4 Å². The maximum absolute atomic E-state index is 12.7. The number of hydrogen-bond donors (Lipinski definition) is 2. The molecule has 6 nitrogen and oxygen atoms in total. The van der Waals surface area contributed by atoms with E-state index in [-0.39, 0.29) is 31.0 Å². The molecule has 11 heteroatoms. The number of benzene rings is 2. The number of carbonyl (C=O) groups is 1. The number of rotatable bonds is 5. The van der Waals surface area contributed by atoms with Crippen molar-refractivity contribution in [1.29, 1.82) is 0 Å². The zero-order valence-electron chi connectivity index (χ0n) is 14.2. The zero-order valence-corrected chi connectivity index (χ0v) is 18.1. The van der Waals surface area contributed by atoms with Crippen LogP contribution in [0.4, 0.5) is 10.8 Å². The van der Waals surface area contributed by atoms with Crippen LogP contribution in [0.2, 0.25) is 15.1 Å². The summed E-state index contributed by atoms with van der Waals surface area (Å²) in [6.45, 7) is 1.42. The van der Waals surface area contributed by atoms with Crippen molar-refractivity contribution in [2.45, 2.75) is 11.8 Å². The largest absolute Gasteiger partial charge is 0.326 e. The Morgan fingerprint density at radius 3 is 2.25 bits per heavy atom. The SMILES string of the molecule is CC(=O)Nc1ccc(-c2csc(NS(=O)(=O)c3c(Cl)cc(Cl)cc3Cl)n2)cc1. The molecule has 0 aliphatic rings. The molecule has 0 aliphatic carbocycles. The lowest BCUT2D eigenvalue weighted by atomic mass is 10.1. The highest BCUT2D eigenvalue weighted by molar-refractivity contribution is 7.93. The summed E-state index contributed by atoms with van der Waals surface area (Å²) in [7, 11) is -4.05. The molecule has 0 atom stereocenters. The third kappa shape index (κ3) is 4.76. The Morgan fingerprint density at radius 2 is 1.68 bits per heavy atom. The lowest BCUT2D eigenvalue weighted by Crippen LogP contribution is -2.14. The average Bonchev–Trinajstić information content (AvgIpc) is 3.01. The molecule has 1 aromatic heterocycles. The number of anilines is 2. The number of carbonyl (C=O) groups excluding carboxylic acids is 1. The predicted octanol–water partition coefficient (Wildman–Crippen LogP) is 5.53. The number of halogens is 3. The third-order valence-electron chi connectivity index (χ3n) is 3.46. The first-order valence-electron chi connectivity index (χ1n) is 7.66. The summed E-state index contributed by atoms with van der Waals surface area (Å²) in [5, 5.41) is 4.58. The molecule has 1 amide bonds. The lowest BCUT2D eigenvalue weighted by Gasteiger charge is -2.09. The summed E-state index contributed by atoms with van der Waals surface area (Å²) in [5.41, 5.74) is 1.99. The number of amides is 1. The Balaban J connectivity index is 1.84. The van der Waals surface area contributed by atoms with E-state index in [1.54, 1.807) is 29.6 Å². The van der Waals surface area contributed by atoms with Crippen LogP contribution in [-0.4, -0.2) is 19.3 Å². The fraction of sp³-hybridized carbons (Fsp3) is 0.0588. The number of aromatic nitrogens is 1. The van der Waals surface area contributed by atoms with Gasteiger partial charge in [0.15, 0.2) is 5.13 Å². The van der Waals surface area contributed by atoms with Crippen LogP contribution in [0.25, 0.3) is 11.3 Å². The van der Waals surface area contributed by atoms with Crippen LogP contribution < -0.4 is 10.0 Å². The summed E-state index contributed by atoms with van der Waals surface area (Å²) in [4.78, 5) is 15.1. The monoisotopic (exact) mass is 475 g/mol. The van der Waals surface area contributed by atoms with Crippen molar-refractivity contribution >= 4 is 72.9 Å². The van der Waals surface area contributed by atoms with Gasteiger partial charge in [-0.2, -0.15) is 0 Å². The average molecular weight is 477 g/mol. The summed E-state index contributed by atoms with van der Waals surface area (Å²) in [5.74, 6) is -0.169. The summed E-state index contributed by atoms with van der Waals surface area (Å²) < 4.78 is 27.7. The van der Waals surface area contributed by atoms with E-state index in [1.807, 2.05) is 0 Å². The number of nitrogens with one attached hydrogen (secondary N) is 2. The third-order valence-corrected chi connectivity index (χ3v) is 6.82. The topological polar surface area (TPSA) is 88.2 Å². The van der Waals surface area contributed by atoms with E-state index in [9.17, 15) is 13.2 Å². The van der Waals surface area contributed by atoms with Crippen LogP contribution in [0.1, 0.15) is 6.92 Å². The van der Waals surface area contributed by atoms with E-state index in [4.69, 9.17) is 34.8 Å². The highest BCUT2D eigenvalue weighted by atomic mass is 35.5. The van der Waals surface area contributed by atoms with Crippen molar-refractivity contribution in [3.8, 4) is 11.3 Å². The number of nitrogens with zero attached hydrogens (tertiary/aromatic N) is 1. The molecule has 3 aromatic rings. The molecule has 0 saturated carbocycles. The van der Waals surface area contributed by atoms with Gasteiger partial charge in [-0.1, -0.05) is 46.9 Å². The van der Waals surface area contributed by atoms with Crippen molar-refractivity contribution < 1.29 is 13.2 Å². The van der Waals surface area contributed by atoms with Gasteiger partial charge in [-0.15, -0.1) is 11.3 Å². The first-order valence-corrected chi connectivity index (χ1v) is 11.2. The summed E-state index contributed by atoms with van der Waals surface area (Å²) in [6.07, 6.45) is 0. The molecule has 0 bridgehead atoms. The molecule has 1 heterocycles. The minimum absolute atomic E-state index is 0.0876. The molecule has 0 saturated heterocycles. The Morgan fingerprint density at radius 1 is 1.07 bits per heavy atom. The highest BCUT2D eigenvalue weighted by Crippen LogP contribution is 2.35. The maximum Gasteiger partial charge on any atom is 0.266 e. The minimum atomic E-state index is -4.05. The molecule has 0 fully saturated rings. The van der Waals surface area contributed by atoms with Gasteiger partial charge in [0, 0.05) is 28.6 Å². The lowest BCUT2D eigenvalue weighted by molar-refractivity contribution is -0.114. The first-order chi connectivity index (χ1) is 13.2. The normalized spacial score (nSPS) is 11.3. The molecular weight excluding hydrogens is 465 g/mol. The number of thiazole rings is 1. The molecule has 3 rings (SSSR count). The van der Waals surface area contributed by atoms with Gasteiger partial charge in [-0.25, -0.2) is 13.4 Å². The maximum atomic E-state index is 12.7. The molecule has 28 heavy (non-hydrogen) atoms. The van der Waals surface area contributed by atoms with Crippen molar-refractivity contribution in [3.05, 3.63) is 56.8 Å². The van der Waals surface area contributed by atoms with Crippen molar-refractivity contribution in [2.75, 3.05) is 10.0 Å². The van der Waals surface area contributed by atoms with E-state index in [0.717, 1.165) is 16.9 Å². The van der Waals surface area contributed by atoms with Crippen LogP contribution in [-0.2, 0) is 14.8 Å². The van der Waals surface area contributed by atoms with E-state index in [2.05, 4.69) is 15.0 Å². The van der Waals surface area contributed by atoms with Gasteiger partial charge in [-0.05, 0) is 24.3 Å². The second-order valence-electron chi connectivity index (χ2n) is 5.60. The number of hydrogen-bond acceptors (Lipinski definition) is 5. The molecule has 146 valence electrons. The predicted molar refractivity (Wildman–Crippen MR) is 114 cm³/mol. The Hall–Kier alpha value is -1.84. The Kier molecular flexibility index (Phi) is 6.16. The summed E-state index contributed by atoms with van der Waals surface area (Å²) in [6, 6.07) is 9.60. The van der Waals surface area contributed by atoms with Gasteiger partial charge in [0.1, 0.15) is 4.90 Å². The molecule has 0 spiro atoms. The van der Waals surface area contributed by atoms with E-state index >= 15 is 0 Å². The van der Waals surface area contributed by atoms with Gasteiger partial charge in [0.25, 0.3) is 10.0 Å². The molecule has 0 radical (unpaired) electrons. The van der Waals surface area contributed by atoms with Crippen LogP contribution in [0.5, 0.6) is 0 Å². The van der Waals surface area contributed by atoms with Crippen LogP contribution in [0.15, 0.2) is 46.7 Å². The van der Waals surface area contributed by atoms with Gasteiger partial charge >= 0.3 is 0 Å². The number of sulfonamides is 1. The minimum Gasteiger partial charge on any atom is -0.326 e. The van der Waals surface area contributed by atoms with Crippen LogP contribution >= 0.6 is 46.1 Å². The Labute approximate surface area is 180 Å². The van der Waals surface area contributed by atoms with Crippen molar-refractivity contribution in [2.24, 2.45) is 0 Å². The first kappa shape index (κ1) is 20.9. The molecule has 2 N–H and O–H groups in total. The highest BCUT2D eigenvalue weighted by Gasteiger charge is 2.24.